The van der Waals surface area contributed by atoms with E-state index in [0.717, 1.165) is 33.6 Å². The summed E-state index contributed by atoms with van der Waals surface area (Å²) in [4.78, 5) is 22.7. The molecule has 1 saturated heterocycles. The summed E-state index contributed by atoms with van der Waals surface area (Å²) in [5.41, 5.74) is 4.25. The highest BCUT2D eigenvalue weighted by atomic mass is 16.6. The molecule has 0 saturated carbocycles. The number of benzene rings is 2. The van der Waals surface area contributed by atoms with Crippen molar-refractivity contribution in [3.8, 4) is 17.2 Å². The fourth-order valence-corrected chi connectivity index (χ4v) is 3.17. The van der Waals surface area contributed by atoms with E-state index >= 15 is 0 Å². The molecule has 0 aromatic heterocycles. The molecule has 34 heavy (non-hydrogen) atoms. The summed E-state index contributed by atoms with van der Waals surface area (Å²) in [5.74, 6) is 1.10. The summed E-state index contributed by atoms with van der Waals surface area (Å²) in [5, 5.41) is 12.4. The Morgan fingerprint density at radius 2 is 1.24 bits per heavy atom. The Kier molecular flexibility index (Phi) is 17.0. The minimum absolute atomic E-state index is 0.270. The van der Waals surface area contributed by atoms with Gasteiger partial charge in [-0.15, -0.1) is 0 Å². The number of phenols is 1. The number of nitrogens with one attached hydrogen (secondary N) is 1. The number of hydrogen-bond acceptors (Lipinski definition) is 5. The Labute approximate surface area is 206 Å². The van der Waals surface area contributed by atoms with Crippen LogP contribution in [0.5, 0.6) is 17.2 Å². The van der Waals surface area contributed by atoms with Gasteiger partial charge >= 0.3 is 12.1 Å². The quantitative estimate of drug-likeness (QED) is 0.349. The van der Waals surface area contributed by atoms with E-state index in [0.29, 0.717) is 12.2 Å². The number of carbonyl (C=O) groups excluding carboxylic acids is 2. The van der Waals surface area contributed by atoms with Gasteiger partial charge in [0.1, 0.15) is 23.3 Å². The number of cyclic esters (lactones) is 2. The molecule has 192 valence electrons. The van der Waals surface area contributed by atoms with Gasteiger partial charge in [0, 0.05) is 6.42 Å². The maximum Gasteiger partial charge on any atom is 0.415 e. The first-order valence-electron chi connectivity index (χ1n) is 12.3. The SMILES string of the molecule is CC.CC.CC.CC.Cc1cc(Oc2c(C)cc(CC3NC(=O)OC3=O)cc2C)cc(C)c1O. The molecule has 1 amide bonds. The molecule has 2 aromatic rings. The van der Waals surface area contributed by atoms with Crippen molar-refractivity contribution in [3.63, 3.8) is 0 Å². The first-order chi connectivity index (χ1) is 16.2. The third-order valence-corrected chi connectivity index (χ3v) is 4.41. The lowest BCUT2D eigenvalue weighted by Gasteiger charge is -2.16. The van der Waals surface area contributed by atoms with E-state index in [9.17, 15) is 14.7 Å². The molecule has 1 fully saturated rings. The summed E-state index contributed by atoms with van der Waals surface area (Å²) in [7, 11) is 0. The molecule has 0 spiro atoms. The van der Waals surface area contributed by atoms with Crippen LogP contribution < -0.4 is 10.1 Å². The summed E-state index contributed by atoms with van der Waals surface area (Å²) in [6.45, 7) is 23.5. The van der Waals surface area contributed by atoms with Crippen molar-refractivity contribution in [1.82, 2.24) is 5.32 Å². The van der Waals surface area contributed by atoms with Crippen LogP contribution in [-0.2, 0) is 16.0 Å². The summed E-state index contributed by atoms with van der Waals surface area (Å²) in [6, 6.07) is 6.79. The number of esters is 1. The first kappa shape index (κ1) is 33.2. The van der Waals surface area contributed by atoms with Crippen LogP contribution in [0.3, 0.4) is 0 Å². The molecule has 1 aliphatic rings. The lowest BCUT2D eigenvalue weighted by Crippen LogP contribution is -2.30. The van der Waals surface area contributed by atoms with E-state index in [1.807, 2.05) is 95.2 Å². The fourth-order valence-electron chi connectivity index (χ4n) is 3.17. The van der Waals surface area contributed by atoms with E-state index in [-0.39, 0.29) is 5.75 Å². The standard InChI is InChI=1S/C20H21NO5.4C2H6/c1-10-7-15(8-11(2)17(10)22)25-18-12(3)5-14(6-13(18)4)9-16-19(23)26-20(24)21-16;4*1-2/h5-8,16,22H,9H2,1-4H3,(H,21,24);4*1-2H3. The van der Waals surface area contributed by atoms with Gasteiger partial charge in [-0.3, -0.25) is 0 Å². The molecule has 6 nitrogen and oxygen atoms in total. The first-order valence-corrected chi connectivity index (χ1v) is 12.3. The number of aryl methyl sites for hydroxylation is 4. The molecule has 0 aliphatic carbocycles. The second kappa shape index (κ2) is 17.5. The number of phenolic OH excluding ortho intramolecular Hbond substituents is 1. The van der Waals surface area contributed by atoms with Crippen LogP contribution >= 0.6 is 0 Å². The Morgan fingerprint density at radius 1 is 0.794 bits per heavy atom. The van der Waals surface area contributed by atoms with Crippen LogP contribution in [0.4, 0.5) is 4.79 Å². The number of rotatable bonds is 4. The van der Waals surface area contributed by atoms with Gasteiger partial charge in [-0.25, -0.2) is 9.59 Å². The van der Waals surface area contributed by atoms with Gasteiger partial charge in [0.05, 0.1) is 0 Å². The molecule has 0 radical (unpaired) electrons. The molecule has 1 unspecified atom stereocenters. The van der Waals surface area contributed by atoms with E-state index in [1.54, 1.807) is 12.1 Å². The van der Waals surface area contributed by atoms with Crippen LogP contribution in [0.15, 0.2) is 24.3 Å². The van der Waals surface area contributed by atoms with E-state index in [2.05, 4.69) is 10.1 Å². The van der Waals surface area contributed by atoms with E-state index < -0.39 is 18.1 Å². The summed E-state index contributed by atoms with van der Waals surface area (Å²) >= 11 is 0. The van der Waals surface area contributed by atoms with Gasteiger partial charge in [-0.1, -0.05) is 67.5 Å². The predicted octanol–water partition coefficient (Wildman–Crippen LogP) is 7.70. The molecule has 1 atom stereocenters. The van der Waals surface area contributed by atoms with Gasteiger partial charge < -0.3 is 19.9 Å². The number of alkyl carbamates (subject to hydrolysis) is 1. The number of carbonyl (C=O) groups is 2. The van der Waals surface area contributed by atoms with E-state index in [4.69, 9.17) is 4.74 Å². The monoisotopic (exact) mass is 475 g/mol. The normalized spacial score (nSPS) is 13.2. The summed E-state index contributed by atoms with van der Waals surface area (Å²) in [6.07, 6.45) is -0.337. The highest BCUT2D eigenvalue weighted by molar-refractivity contribution is 5.95. The highest BCUT2D eigenvalue weighted by Crippen LogP contribution is 2.34. The summed E-state index contributed by atoms with van der Waals surface area (Å²) < 4.78 is 10.6. The molecule has 2 aromatic carbocycles. The third kappa shape index (κ3) is 9.46. The highest BCUT2D eigenvalue weighted by Gasteiger charge is 2.32. The van der Waals surface area contributed by atoms with Crippen LogP contribution in [0.25, 0.3) is 0 Å². The van der Waals surface area contributed by atoms with Gasteiger partial charge in [-0.05, 0) is 67.6 Å². The van der Waals surface area contributed by atoms with Gasteiger partial charge in [-0.2, -0.15) is 0 Å². The Bertz CT molecular complexity index is 860. The lowest BCUT2D eigenvalue weighted by atomic mass is 10.00. The fraction of sp³-hybridized carbons (Fsp3) is 0.500. The maximum absolute atomic E-state index is 11.6. The van der Waals surface area contributed by atoms with Crippen LogP contribution in [0.1, 0.15) is 83.2 Å². The number of ether oxygens (including phenoxy) is 2. The molecule has 1 aliphatic heterocycles. The molecular weight excluding hydrogens is 430 g/mol. The lowest BCUT2D eigenvalue weighted by molar-refractivity contribution is -0.135. The number of aromatic hydroxyl groups is 1. The second-order valence-electron chi connectivity index (χ2n) is 6.68. The smallest absolute Gasteiger partial charge is 0.415 e. The van der Waals surface area contributed by atoms with Gasteiger partial charge in [0.15, 0.2) is 0 Å². The molecule has 6 heteroatoms. The molecular formula is C28H45NO5. The minimum Gasteiger partial charge on any atom is -0.507 e. The average molecular weight is 476 g/mol. The zero-order chi connectivity index (χ0) is 27.0. The van der Waals surface area contributed by atoms with Gasteiger partial charge in [0.25, 0.3) is 0 Å². The molecule has 1 heterocycles. The number of amides is 1. The second-order valence-corrected chi connectivity index (χ2v) is 6.68. The zero-order valence-electron chi connectivity index (χ0n) is 23.2. The van der Waals surface area contributed by atoms with Crippen molar-refractivity contribution in [2.24, 2.45) is 0 Å². The van der Waals surface area contributed by atoms with Crippen molar-refractivity contribution in [2.45, 2.75) is 95.5 Å². The van der Waals surface area contributed by atoms with Gasteiger partial charge in [0.2, 0.25) is 0 Å². The van der Waals surface area contributed by atoms with Crippen molar-refractivity contribution in [3.05, 3.63) is 52.1 Å². The predicted molar refractivity (Wildman–Crippen MR) is 141 cm³/mol. The molecule has 0 bridgehead atoms. The Hall–Kier alpha value is -3.02. The minimum atomic E-state index is -0.702. The maximum atomic E-state index is 11.6. The zero-order valence-corrected chi connectivity index (χ0v) is 23.2. The molecule has 3 rings (SSSR count). The van der Waals surface area contributed by atoms with Crippen LogP contribution in [0, 0.1) is 27.7 Å². The van der Waals surface area contributed by atoms with Crippen molar-refractivity contribution < 1.29 is 24.2 Å². The van der Waals surface area contributed by atoms with Crippen molar-refractivity contribution in [2.75, 3.05) is 0 Å². The van der Waals surface area contributed by atoms with Crippen LogP contribution in [0.2, 0.25) is 0 Å². The van der Waals surface area contributed by atoms with Crippen LogP contribution in [-0.4, -0.2) is 23.2 Å². The Morgan fingerprint density at radius 3 is 1.62 bits per heavy atom. The third-order valence-electron chi connectivity index (χ3n) is 4.41. The van der Waals surface area contributed by atoms with Crippen molar-refractivity contribution >= 4 is 12.1 Å². The van der Waals surface area contributed by atoms with E-state index in [1.165, 1.54) is 0 Å². The average Bonchev–Trinajstić information content (AvgIpc) is 3.16. The number of hydrogen-bond donors (Lipinski definition) is 2. The molecule has 2 N–H and O–H groups in total. The largest absolute Gasteiger partial charge is 0.507 e. The van der Waals surface area contributed by atoms with Crippen molar-refractivity contribution in [1.29, 1.82) is 0 Å². The Balaban J connectivity index is 0. The topological polar surface area (TPSA) is 84.9 Å².